The van der Waals surface area contributed by atoms with Gasteiger partial charge in [-0.05, 0) is 36.1 Å². The third-order valence-corrected chi connectivity index (χ3v) is 7.48. The summed E-state index contributed by atoms with van der Waals surface area (Å²) in [7, 11) is 0. The fourth-order valence-electron chi connectivity index (χ4n) is 5.71. The summed E-state index contributed by atoms with van der Waals surface area (Å²) in [4.78, 5) is 18.5. The van der Waals surface area contributed by atoms with E-state index in [1.54, 1.807) is 4.57 Å². The van der Waals surface area contributed by atoms with E-state index in [1.807, 2.05) is 30.3 Å². The van der Waals surface area contributed by atoms with Gasteiger partial charge in [0.1, 0.15) is 24.6 Å². The lowest BCUT2D eigenvalue weighted by Crippen LogP contribution is -2.33. The highest BCUT2D eigenvalue weighted by molar-refractivity contribution is 5.90. The Morgan fingerprint density at radius 2 is 1.53 bits per heavy atom. The van der Waals surface area contributed by atoms with Crippen LogP contribution in [0.25, 0.3) is 11.2 Å². The van der Waals surface area contributed by atoms with Crippen molar-refractivity contribution in [1.82, 2.24) is 19.5 Å². The lowest BCUT2D eigenvalue weighted by atomic mass is 10.1. The van der Waals surface area contributed by atoms with Gasteiger partial charge in [-0.15, -0.1) is 0 Å². The molecule has 3 aliphatic rings. The van der Waals surface area contributed by atoms with Crippen LogP contribution in [0.1, 0.15) is 17.4 Å². The van der Waals surface area contributed by atoms with Gasteiger partial charge in [0.2, 0.25) is 5.95 Å². The van der Waals surface area contributed by atoms with E-state index in [-0.39, 0.29) is 0 Å². The van der Waals surface area contributed by atoms with E-state index in [0.29, 0.717) is 29.5 Å². The molecule has 2 aromatic carbocycles. The van der Waals surface area contributed by atoms with Gasteiger partial charge < -0.3 is 29.9 Å². The SMILES string of the molecule is OC[C@H]1O[C@@H](n2c(N3CCc4ccccc43)nc3c(N4CCc5ccccc54)ncnc32)[C@H](O)[C@@H]1O. The number of aliphatic hydroxyl groups excluding tert-OH is 3. The van der Waals surface area contributed by atoms with Gasteiger partial charge in [-0.25, -0.2) is 15.0 Å². The maximum atomic E-state index is 11.0. The standard InChI is InChI=1S/C26H26N6O4/c33-13-19-21(34)22(35)25(36-19)32-24-20(29-26(32)31-12-10-16-6-2-4-8-18(16)31)23(27-14-28-24)30-11-9-15-5-1-3-7-17(15)30/h1-8,14,19,21-22,25,33-35H,9-13H2/t19-,21-,22-,25-/m1/s1. The molecule has 0 unspecified atom stereocenters. The number of fused-ring (bicyclic) bond motifs is 3. The van der Waals surface area contributed by atoms with E-state index in [4.69, 9.17) is 9.72 Å². The predicted molar refractivity (Wildman–Crippen MR) is 133 cm³/mol. The third-order valence-electron chi connectivity index (χ3n) is 7.48. The average Bonchev–Trinajstić information content (AvgIpc) is 3.67. The second-order valence-electron chi connectivity index (χ2n) is 9.44. The van der Waals surface area contributed by atoms with Gasteiger partial charge in [0.05, 0.1) is 6.61 Å². The highest BCUT2D eigenvalue weighted by Crippen LogP contribution is 2.43. The number of aromatic nitrogens is 4. The molecule has 1 fully saturated rings. The normalized spacial score (nSPS) is 25.1. The molecule has 4 aromatic rings. The Labute approximate surface area is 207 Å². The van der Waals surface area contributed by atoms with Crippen LogP contribution >= 0.6 is 0 Å². The summed E-state index contributed by atoms with van der Waals surface area (Å²) in [6, 6.07) is 16.4. The smallest absolute Gasteiger partial charge is 0.214 e. The van der Waals surface area contributed by atoms with Crippen molar-refractivity contribution in [3.8, 4) is 0 Å². The van der Waals surface area contributed by atoms with Crippen LogP contribution in [0.15, 0.2) is 54.9 Å². The summed E-state index contributed by atoms with van der Waals surface area (Å²) in [6.07, 6.45) is -1.12. The summed E-state index contributed by atoms with van der Waals surface area (Å²) in [5.74, 6) is 1.24. The average molecular weight is 487 g/mol. The number of imidazole rings is 1. The fourth-order valence-corrected chi connectivity index (χ4v) is 5.71. The van der Waals surface area contributed by atoms with Crippen LogP contribution in [0.2, 0.25) is 0 Å². The molecule has 4 atom stereocenters. The highest BCUT2D eigenvalue weighted by atomic mass is 16.6. The van der Waals surface area contributed by atoms with Crippen molar-refractivity contribution in [3.63, 3.8) is 0 Å². The molecule has 3 aliphatic heterocycles. The molecule has 10 nitrogen and oxygen atoms in total. The van der Waals surface area contributed by atoms with Crippen LogP contribution in [0.3, 0.4) is 0 Å². The number of hydrogen-bond donors (Lipinski definition) is 3. The zero-order valence-corrected chi connectivity index (χ0v) is 19.5. The second-order valence-corrected chi connectivity index (χ2v) is 9.44. The highest BCUT2D eigenvalue weighted by Gasteiger charge is 2.46. The van der Waals surface area contributed by atoms with Crippen LogP contribution in [-0.2, 0) is 17.6 Å². The molecule has 1 saturated heterocycles. The van der Waals surface area contributed by atoms with E-state index >= 15 is 0 Å². The molecule has 2 aromatic heterocycles. The number of aliphatic hydroxyl groups is 3. The van der Waals surface area contributed by atoms with E-state index in [2.05, 4.69) is 38.0 Å². The van der Waals surface area contributed by atoms with Gasteiger partial charge in [-0.1, -0.05) is 36.4 Å². The zero-order valence-electron chi connectivity index (χ0n) is 19.5. The molecule has 0 aliphatic carbocycles. The quantitative estimate of drug-likeness (QED) is 0.397. The van der Waals surface area contributed by atoms with Crippen molar-refractivity contribution < 1.29 is 20.1 Å². The number of para-hydroxylation sites is 2. The third kappa shape index (κ3) is 3.09. The van der Waals surface area contributed by atoms with Crippen molar-refractivity contribution >= 4 is 34.3 Å². The Morgan fingerprint density at radius 1 is 0.861 bits per heavy atom. The first-order valence-electron chi connectivity index (χ1n) is 12.2. The Hall–Kier alpha value is -3.57. The number of nitrogens with zero attached hydrogens (tertiary/aromatic N) is 6. The van der Waals surface area contributed by atoms with Crippen molar-refractivity contribution in [3.05, 3.63) is 66.0 Å². The maximum absolute atomic E-state index is 11.0. The summed E-state index contributed by atoms with van der Waals surface area (Å²) in [5, 5.41) is 31.2. The largest absolute Gasteiger partial charge is 0.394 e. The first-order valence-corrected chi connectivity index (χ1v) is 12.2. The van der Waals surface area contributed by atoms with Crippen LogP contribution in [0.5, 0.6) is 0 Å². The van der Waals surface area contributed by atoms with E-state index in [0.717, 1.165) is 30.8 Å². The summed E-state index contributed by atoms with van der Waals surface area (Å²) in [5.41, 5.74) is 5.66. The molecular weight excluding hydrogens is 460 g/mol. The maximum Gasteiger partial charge on any atom is 0.214 e. The number of benzene rings is 2. The van der Waals surface area contributed by atoms with Gasteiger partial charge in [0, 0.05) is 24.5 Å². The number of hydrogen-bond acceptors (Lipinski definition) is 9. The summed E-state index contributed by atoms with van der Waals surface area (Å²) in [6.45, 7) is 1.06. The minimum absolute atomic E-state index is 0.409. The predicted octanol–water partition coefficient (Wildman–Crippen LogP) is 1.83. The molecule has 36 heavy (non-hydrogen) atoms. The molecule has 0 spiro atoms. The Bertz CT molecular complexity index is 1460. The van der Waals surface area contributed by atoms with Crippen LogP contribution in [0.4, 0.5) is 23.1 Å². The molecule has 184 valence electrons. The molecule has 0 amide bonds. The minimum Gasteiger partial charge on any atom is -0.394 e. The number of rotatable bonds is 4. The summed E-state index contributed by atoms with van der Waals surface area (Å²) >= 11 is 0. The van der Waals surface area contributed by atoms with Crippen LogP contribution in [-0.4, -0.2) is 72.8 Å². The van der Waals surface area contributed by atoms with Crippen LogP contribution in [0, 0.1) is 0 Å². The first-order chi connectivity index (χ1) is 17.7. The van der Waals surface area contributed by atoms with Crippen molar-refractivity contribution in [2.45, 2.75) is 37.4 Å². The summed E-state index contributed by atoms with van der Waals surface area (Å²) < 4.78 is 7.71. The van der Waals surface area contributed by atoms with Gasteiger partial charge in [0.25, 0.3) is 0 Å². The van der Waals surface area contributed by atoms with Crippen molar-refractivity contribution in [2.24, 2.45) is 0 Å². The number of ether oxygens (including phenoxy) is 1. The van der Waals surface area contributed by atoms with Crippen LogP contribution < -0.4 is 9.80 Å². The topological polar surface area (TPSA) is 120 Å². The van der Waals surface area contributed by atoms with Gasteiger partial charge >= 0.3 is 0 Å². The van der Waals surface area contributed by atoms with Gasteiger partial charge in [-0.2, -0.15) is 0 Å². The Balaban J connectivity index is 1.43. The fraction of sp³-hybridized carbons (Fsp3) is 0.346. The van der Waals surface area contributed by atoms with Gasteiger partial charge in [-0.3, -0.25) is 4.57 Å². The Kier molecular flexibility index (Phi) is 4.97. The number of anilines is 4. The lowest BCUT2D eigenvalue weighted by Gasteiger charge is -2.24. The van der Waals surface area contributed by atoms with Crippen molar-refractivity contribution in [1.29, 1.82) is 0 Å². The lowest BCUT2D eigenvalue weighted by molar-refractivity contribution is -0.0503. The Morgan fingerprint density at radius 3 is 2.22 bits per heavy atom. The second kappa shape index (κ2) is 8.24. The van der Waals surface area contributed by atoms with E-state index in [1.165, 1.54) is 17.5 Å². The monoisotopic (exact) mass is 486 g/mol. The molecule has 0 radical (unpaired) electrons. The van der Waals surface area contributed by atoms with E-state index in [9.17, 15) is 15.3 Å². The van der Waals surface area contributed by atoms with Crippen molar-refractivity contribution in [2.75, 3.05) is 29.5 Å². The molecule has 7 rings (SSSR count). The molecular formula is C26H26N6O4. The molecule has 10 heteroatoms. The van der Waals surface area contributed by atoms with Gasteiger partial charge in [0.15, 0.2) is 23.2 Å². The molecule has 0 bridgehead atoms. The zero-order chi connectivity index (χ0) is 24.4. The minimum atomic E-state index is -1.26. The first kappa shape index (κ1) is 21.7. The molecule has 0 saturated carbocycles. The molecule has 3 N–H and O–H groups in total. The molecule has 5 heterocycles. The van der Waals surface area contributed by atoms with E-state index < -0.39 is 31.1 Å².